The second kappa shape index (κ2) is 9.93. The van der Waals surface area contributed by atoms with Gasteiger partial charge in [-0.3, -0.25) is 4.79 Å². The molecule has 0 bridgehead atoms. The molecule has 3 aromatic rings. The zero-order valence-corrected chi connectivity index (χ0v) is 20.5. The number of carbonyl (C=O) groups excluding carboxylic acids is 1. The number of aryl methyl sites for hydroxylation is 1. The lowest BCUT2D eigenvalue weighted by atomic mass is 10.00. The summed E-state index contributed by atoms with van der Waals surface area (Å²) in [6.45, 7) is 3.79. The fourth-order valence-electron chi connectivity index (χ4n) is 4.07. The Morgan fingerprint density at radius 3 is 2.31 bits per heavy atom. The minimum absolute atomic E-state index is 0.0165. The van der Waals surface area contributed by atoms with E-state index in [9.17, 15) is 4.79 Å². The molecule has 3 aromatic carbocycles. The molecule has 3 nitrogen and oxygen atoms in total. The number of hydrogen-bond acceptors (Lipinski definition) is 2. The largest absolute Gasteiger partial charge is 0.360 e. The third-order valence-corrected chi connectivity index (χ3v) is 6.91. The van der Waals surface area contributed by atoms with Gasteiger partial charge < -0.3 is 9.80 Å². The van der Waals surface area contributed by atoms with Crippen LogP contribution in [0, 0.1) is 6.92 Å². The zero-order chi connectivity index (χ0) is 22.8. The second-order valence-corrected chi connectivity index (χ2v) is 9.66. The molecule has 0 radical (unpaired) electrons. The van der Waals surface area contributed by atoms with Crippen molar-refractivity contribution in [2.45, 2.75) is 19.4 Å². The zero-order valence-electron chi connectivity index (χ0n) is 17.5. The van der Waals surface area contributed by atoms with Crippen molar-refractivity contribution < 1.29 is 4.79 Å². The summed E-state index contributed by atoms with van der Waals surface area (Å²) >= 11 is 25.1. The van der Waals surface area contributed by atoms with Crippen LogP contribution in [0.1, 0.15) is 22.7 Å². The number of hydrogen-bond donors (Lipinski definition) is 0. The van der Waals surface area contributed by atoms with Crippen molar-refractivity contribution in [2.75, 3.05) is 24.5 Å². The predicted octanol–water partition coefficient (Wildman–Crippen LogP) is 7.24. The van der Waals surface area contributed by atoms with Gasteiger partial charge in [0.25, 0.3) is 0 Å². The van der Waals surface area contributed by atoms with Crippen LogP contribution in [0.25, 0.3) is 0 Å². The van der Waals surface area contributed by atoms with E-state index in [1.165, 1.54) is 0 Å². The number of benzene rings is 3. The van der Waals surface area contributed by atoms with Crippen LogP contribution in [-0.4, -0.2) is 30.4 Å². The van der Waals surface area contributed by atoms with Crippen molar-refractivity contribution in [2.24, 2.45) is 0 Å². The van der Waals surface area contributed by atoms with Gasteiger partial charge in [-0.1, -0.05) is 64.6 Å². The van der Waals surface area contributed by atoms with Gasteiger partial charge >= 0.3 is 0 Å². The minimum atomic E-state index is -0.0555. The Hall–Kier alpha value is -1.91. The number of halogens is 4. The SMILES string of the molecule is Cc1ccc(N2CCN(C(=O)Cc3cc(Cl)ccc3Cl)CC2c2ccc(Cl)cc2)c(Cl)c1. The Morgan fingerprint density at radius 2 is 1.59 bits per heavy atom. The Labute approximate surface area is 208 Å². The van der Waals surface area contributed by atoms with Gasteiger partial charge in [-0.2, -0.15) is 0 Å². The van der Waals surface area contributed by atoms with E-state index in [1.54, 1.807) is 18.2 Å². The van der Waals surface area contributed by atoms with Crippen LogP contribution < -0.4 is 4.90 Å². The molecule has 0 spiro atoms. The van der Waals surface area contributed by atoms with Crippen molar-refractivity contribution in [3.05, 3.63) is 97.4 Å². The van der Waals surface area contributed by atoms with Crippen molar-refractivity contribution in [3.8, 4) is 0 Å². The summed E-state index contributed by atoms with van der Waals surface area (Å²) in [5.74, 6) is 0.0165. The van der Waals surface area contributed by atoms with Gasteiger partial charge in [0.1, 0.15) is 0 Å². The first-order chi connectivity index (χ1) is 15.3. The molecular weight excluding hydrogens is 486 g/mol. The number of amides is 1. The Balaban J connectivity index is 1.61. The lowest BCUT2D eigenvalue weighted by Gasteiger charge is -2.43. The highest BCUT2D eigenvalue weighted by molar-refractivity contribution is 6.34. The molecule has 166 valence electrons. The minimum Gasteiger partial charge on any atom is -0.360 e. The maximum atomic E-state index is 13.2. The van der Waals surface area contributed by atoms with E-state index < -0.39 is 0 Å². The molecule has 0 saturated carbocycles. The first-order valence-electron chi connectivity index (χ1n) is 10.3. The monoisotopic (exact) mass is 506 g/mol. The molecule has 4 rings (SSSR count). The van der Waals surface area contributed by atoms with Gasteiger partial charge in [0.2, 0.25) is 5.91 Å². The molecule has 1 unspecified atom stereocenters. The lowest BCUT2D eigenvalue weighted by Crippen LogP contribution is -2.51. The molecule has 1 aliphatic rings. The van der Waals surface area contributed by atoms with E-state index in [-0.39, 0.29) is 18.4 Å². The van der Waals surface area contributed by atoms with E-state index >= 15 is 0 Å². The molecule has 0 aromatic heterocycles. The van der Waals surface area contributed by atoms with E-state index in [2.05, 4.69) is 11.0 Å². The third-order valence-electron chi connectivity index (χ3n) is 5.75. The molecule has 1 atom stereocenters. The molecule has 1 aliphatic heterocycles. The second-order valence-electron chi connectivity index (χ2n) is 7.97. The number of piperazine rings is 1. The Kier molecular flexibility index (Phi) is 7.21. The molecule has 1 amide bonds. The summed E-state index contributed by atoms with van der Waals surface area (Å²) in [4.78, 5) is 17.3. The summed E-state index contributed by atoms with van der Waals surface area (Å²) in [5, 5.41) is 2.49. The van der Waals surface area contributed by atoms with Crippen LogP contribution in [0.4, 0.5) is 5.69 Å². The molecule has 1 heterocycles. The first kappa shape index (κ1) is 23.3. The van der Waals surface area contributed by atoms with Crippen molar-refractivity contribution in [1.82, 2.24) is 4.90 Å². The maximum absolute atomic E-state index is 13.2. The van der Waals surface area contributed by atoms with E-state index in [0.717, 1.165) is 22.4 Å². The van der Waals surface area contributed by atoms with Gasteiger partial charge in [0.05, 0.1) is 23.2 Å². The molecule has 7 heteroatoms. The average molecular weight is 508 g/mol. The van der Waals surface area contributed by atoms with Crippen LogP contribution in [0.3, 0.4) is 0 Å². The smallest absolute Gasteiger partial charge is 0.227 e. The number of rotatable bonds is 4. The third kappa shape index (κ3) is 5.18. The highest BCUT2D eigenvalue weighted by atomic mass is 35.5. The summed E-state index contributed by atoms with van der Waals surface area (Å²) in [7, 11) is 0. The topological polar surface area (TPSA) is 23.6 Å². The average Bonchev–Trinajstić information content (AvgIpc) is 2.76. The Bertz CT molecular complexity index is 1130. The number of carbonyl (C=O) groups is 1. The standard InChI is InChI=1S/C25H22Cl4N2O/c1-16-2-9-23(22(29)12-16)31-11-10-30(15-24(31)17-3-5-19(26)6-4-17)25(32)14-18-13-20(27)7-8-21(18)28/h2-9,12-13,24H,10-11,14-15H2,1H3. The van der Waals surface area contributed by atoms with Gasteiger partial charge in [0.15, 0.2) is 0 Å². The molecular formula is C25H22Cl4N2O. The summed E-state index contributed by atoms with van der Waals surface area (Å²) in [6, 6.07) is 19.0. The van der Waals surface area contributed by atoms with Crippen molar-refractivity contribution in [3.63, 3.8) is 0 Å². The number of anilines is 1. The molecule has 32 heavy (non-hydrogen) atoms. The molecule has 0 N–H and O–H groups in total. The van der Waals surface area contributed by atoms with Gasteiger partial charge in [-0.05, 0) is 66.1 Å². The van der Waals surface area contributed by atoms with Crippen LogP contribution >= 0.6 is 46.4 Å². The summed E-state index contributed by atoms with van der Waals surface area (Å²) in [5.41, 5.74) is 3.87. The fraction of sp³-hybridized carbons (Fsp3) is 0.240. The Morgan fingerprint density at radius 1 is 0.875 bits per heavy atom. The van der Waals surface area contributed by atoms with Gasteiger partial charge in [-0.25, -0.2) is 0 Å². The normalized spacial score (nSPS) is 16.3. The van der Waals surface area contributed by atoms with Crippen LogP contribution in [0.15, 0.2) is 60.7 Å². The van der Waals surface area contributed by atoms with E-state index in [1.807, 2.05) is 48.2 Å². The highest BCUT2D eigenvalue weighted by Gasteiger charge is 2.32. The van der Waals surface area contributed by atoms with Crippen LogP contribution in [0.5, 0.6) is 0 Å². The van der Waals surface area contributed by atoms with Crippen molar-refractivity contribution >= 4 is 58.0 Å². The fourth-order valence-corrected chi connectivity index (χ4v) is 4.92. The van der Waals surface area contributed by atoms with E-state index in [0.29, 0.717) is 39.7 Å². The van der Waals surface area contributed by atoms with E-state index in [4.69, 9.17) is 46.4 Å². The van der Waals surface area contributed by atoms with Crippen molar-refractivity contribution in [1.29, 1.82) is 0 Å². The lowest BCUT2D eigenvalue weighted by molar-refractivity contribution is -0.131. The quantitative estimate of drug-likeness (QED) is 0.371. The summed E-state index contributed by atoms with van der Waals surface area (Å²) < 4.78 is 0. The van der Waals surface area contributed by atoms with Crippen LogP contribution in [0.2, 0.25) is 20.1 Å². The molecule has 1 saturated heterocycles. The molecule has 1 fully saturated rings. The molecule has 0 aliphatic carbocycles. The summed E-state index contributed by atoms with van der Waals surface area (Å²) in [6.07, 6.45) is 0.206. The first-order valence-corrected chi connectivity index (χ1v) is 11.8. The van der Waals surface area contributed by atoms with Crippen LogP contribution in [-0.2, 0) is 11.2 Å². The highest BCUT2D eigenvalue weighted by Crippen LogP contribution is 2.36. The predicted molar refractivity (Wildman–Crippen MR) is 134 cm³/mol. The van der Waals surface area contributed by atoms with Gasteiger partial charge in [0, 0.05) is 34.7 Å². The van der Waals surface area contributed by atoms with Gasteiger partial charge in [-0.15, -0.1) is 0 Å². The maximum Gasteiger partial charge on any atom is 0.227 e. The number of nitrogens with zero attached hydrogens (tertiary/aromatic N) is 2.